The quantitative estimate of drug-likeness (QED) is 0.440. The number of aromatic nitrogens is 3. The smallest absolute Gasteiger partial charge is 0.245 e. The minimum atomic E-state index is -0.160. The number of hydrogen-bond donors (Lipinski definition) is 0. The van der Waals surface area contributed by atoms with Gasteiger partial charge in [-0.15, -0.1) is 10.2 Å². The molecule has 1 aliphatic rings. The molecule has 28 heavy (non-hydrogen) atoms. The highest BCUT2D eigenvalue weighted by Crippen LogP contribution is 2.38. The van der Waals surface area contributed by atoms with Crippen LogP contribution in [0.25, 0.3) is 11.3 Å². The van der Waals surface area contributed by atoms with E-state index in [-0.39, 0.29) is 6.10 Å². The molecule has 1 aromatic heterocycles. The van der Waals surface area contributed by atoms with Crippen molar-refractivity contribution in [2.75, 3.05) is 12.4 Å². The minimum Gasteiger partial charge on any atom is -0.490 e. The van der Waals surface area contributed by atoms with Gasteiger partial charge in [0.05, 0.1) is 0 Å². The van der Waals surface area contributed by atoms with Gasteiger partial charge in [0.2, 0.25) is 11.0 Å². The van der Waals surface area contributed by atoms with Crippen LogP contribution in [0.1, 0.15) is 24.2 Å². The van der Waals surface area contributed by atoms with Crippen LogP contribution in [0, 0.1) is 0 Å². The summed E-state index contributed by atoms with van der Waals surface area (Å²) in [5.41, 5.74) is 3.96. The van der Waals surface area contributed by atoms with Crippen molar-refractivity contribution in [1.82, 2.24) is 15.2 Å². The number of rotatable bonds is 6. The third-order valence-electron chi connectivity index (χ3n) is 4.46. The molecule has 0 saturated heterocycles. The van der Waals surface area contributed by atoms with E-state index in [2.05, 4.69) is 40.8 Å². The van der Waals surface area contributed by atoms with E-state index in [1.807, 2.05) is 36.4 Å². The van der Waals surface area contributed by atoms with Crippen molar-refractivity contribution in [2.24, 2.45) is 0 Å². The van der Waals surface area contributed by atoms with E-state index in [0.29, 0.717) is 23.3 Å². The van der Waals surface area contributed by atoms with Crippen LogP contribution in [0.3, 0.4) is 0 Å². The molecule has 0 saturated carbocycles. The maximum absolute atomic E-state index is 6.35. The Morgan fingerprint density at radius 2 is 2.00 bits per heavy atom. The Balaban J connectivity index is 1.71. The molecule has 1 atom stereocenters. The fourth-order valence-electron chi connectivity index (χ4n) is 3.16. The van der Waals surface area contributed by atoms with Crippen LogP contribution in [-0.2, 0) is 6.42 Å². The van der Waals surface area contributed by atoms with Crippen LogP contribution in [0.2, 0.25) is 0 Å². The summed E-state index contributed by atoms with van der Waals surface area (Å²) in [5.74, 6) is 2.23. The van der Waals surface area contributed by atoms with Gasteiger partial charge in [-0.2, -0.15) is 4.98 Å². The molecule has 1 aliphatic heterocycles. The molecule has 0 aliphatic carbocycles. The van der Waals surface area contributed by atoms with Crippen LogP contribution in [0.15, 0.2) is 66.3 Å². The average molecular weight is 391 g/mol. The molecule has 0 radical (unpaired) electrons. The molecule has 2 aromatic carbocycles. The Morgan fingerprint density at radius 3 is 2.79 bits per heavy atom. The van der Waals surface area contributed by atoms with E-state index in [0.717, 1.165) is 29.1 Å². The van der Waals surface area contributed by atoms with Gasteiger partial charge < -0.3 is 9.47 Å². The zero-order chi connectivity index (χ0) is 19.3. The lowest BCUT2D eigenvalue weighted by molar-refractivity contribution is 0.198. The second-order valence-electron chi connectivity index (χ2n) is 6.32. The molecule has 6 heteroatoms. The first-order valence-electron chi connectivity index (χ1n) is 9.24. The van der Waals surface area contributed by atoms with E-state index in [1.54, 1.807) is 17.8 Å². The van der Waals surface area contributed by atoms with Crippen molar-refractivity contribution in [1.29, 1.82) is 0 Å². The maximum Gasteiger partial charge on any atom is 0.245 e. The molecular formula is C22H21N3O2S. The van der Waals surface area contributed by atoms with Gasteiger partial charge in [0.15, 0.2) is 5.69 Å². The number of hydrogen-bond acceptors (Lipinski definition) is 6. The summed E-state index contributed by atoms with van der Waals surface area (Å²) in [6.07, 6.45) is 2.30. The summed E-state index contributed by atoms with van der Waals surface area (Å²) >= 11 is 1.55. The predicted molar refractivity (Wildman–Crippen MR) is 111 cm³/mol. The Labute approximate surface area is 168 Å². The van der Waals surface area contributed by atoms with Gasteiger partial charge in [0.1, 0.15) is 18.5 Å². The minimum absolute atomic E-state index is 0.160. The van der Waals surface area contributed by atoms with Gasteiger partial charge in [0, 0.05) is 12.0 Å². The summed E-state index contributed by atoms with van der Waals surface area (Å²) in [7, 11) is 0. The molecule has 142 valence electrons. The lowest BCUT2D eigenvalue weighted by Crippen LogP contribution is -2.11. The molecule has 0 bridgehead atoms. The number of thioether (sulfide) groups is 1. The maximum atomic E-state index is 6.35. The highest BCUT2D eigenvalue weighted by atomic mass is 32.2. The molecule has 0 spiro atoms. The average Bonchev–Trinajstić information content (AvgIpc) is 2.89. The lowest BCUT2D eigenvalue weighted by atomic mass is 9.97. The molecule has 2 heterocycles. The van der Waals surface area contributed by atoms with Gasteiger partial charge >= 0.3 is 0 Å². The molecular weight excluding hydrogens is 370 g/mol. The highest BCUT2D eigenvalue weighted by molar-refractivity contribution is 7.99. The highest BCUT2D eigenvalue weighted by Gasteiger charge is 2.26. The summed E-state index contributed by atoms with van der Waals surface area (Å²) < 4.78 is 11.9. The molecule has 0 amide bonds. The van der Waals surface area contributed by atoms with Gasteiger partial charge in [-0.1, -0.05) is 67.7 Å². The molecule has 4 rings (SSSR count). The molecule has 1 unspecified atom stereocenters. The third-order valence-corrected chi connectivity index (χ3v) is 5.18. The van der Waals surface area contributed by atoms with E-state index >= 15 is 0 Å². The summed E-state index contributed by atoms with van der Waals surface area (Å²) in [6.45, 7) is 6.23. The van der Waals surface area contributed by atoms with Crippen molar-refractivity contribution in [3.8, 4) is 22.9 Å². The van der Waals surface area contributed by atoms with Crippen LogP contribution in [-0.4, -0.2) is 27.5 Å². The molecule has 0 fully saturated rings. The fraction of sp³-hybridized carbons (Fsp3) is 0.227. The Hall–Kier alpha value is -2.86. The molecule has 5 nitrogen and oxygen atoms in total. The van der Waals surface area contributed by atoms with E-state index in [4.69, 9.17) is 9.47 Å². The van der Waals surface area contributed by atoms with Crippen molar-refractivity contribution < 1.29 is 9.47 Å². The Morgan fingerprint density at radius 1 is 1.18 bits per heavy atom. The second-order valence-corrected chi connectivity index (χ2v) is 7.55. The van der Waals surface area contributed by atoms with Crippen LogP contribution in [0.5, 0.6) is 11.6 Å². The Bertz CT molecular complexity index is 976. The zero-order valence-corrected chi connectivity index (χ0v) is 16.5. The summed E-state index contributed by atoms with van der Waals surface area (Å²) in [5, 5.41) is 9.32. The largest absolute Gasteiger partial charge is 0.490 e. The monoisotopic (exact) mass is 391 g/mol. The normalized spacial score (nSPS) is 15.0. The topological polar surface area (TPSA) is 57.1 Å². The summed E-state index contributed by atoms with van der Waals surface area (Å²) in [6, 6.07) is 16.2. The predicted octanol–water partition coefficient (Wildman–Crippen LogP) is 4.89. The van der Waals surface area contributed by atoms with Crippen molar-refractivity contribution >= 4 is 11.8 Å². The number of nitrogens with zero attached hydrogens (tertiary/aromatic N) is 3. The number of benzene rings is 2. The van der Waals surface area contributed by atoms with Crippen molar-refractivity contribution in [3.05, 3.63) is 72.3 Å². The third kappa shape index (κ3) is 3.87. The van der Waals surface area contributed by atoms with Gasteiger partial charge in [-0.3, -0.25) is 0 Å². The van der Waals surface area contributed by atoms with Crippen LogP contribution in [0.4, 0.5) is 0 Å². The zero-order valence-electron chi connectivity index (χ0n) is 15.7. The Kier molecular flexibility index (Phi) is 5.58. The van der Waals surface area contributed by atoms with Gasteiger partial charge in [-0.05, 0) is 29.0 Å². The standard InChI is InChI=1S/C22H21N3O2S/c1-3-13-26-17-11-9-15(10-12-17)19-14-16-7-5-6-8-18(16)20-21(27-19)23-22(25-24-20)28-4-2/h3,5-12,19H,1,4,13-14H2,2H3. The van der Waals surface area contributed by atoms with Crippen LogP contribution >= 0.6 is 11.8 Å². The summed E-state index contributed by atoms with van der Waals surface area (Å²) in [4.78, 5) is 4.63. The van der Waals surface area contributed by atoms with Gasteiger partial charge in [-0.25, -0.2) is 0 Å². The van der Waals surface area contributed by atoms with Gasteiger partial charge in [0.25, 0.3) is 0 Å². The van der Waals surface area contributed by atoms with Crippen LogP contribution < -0.4 is 9.47 Å². The first-order valence-corrected chi connectivity index (χ1v) is 10.2. The second kappa shape index (κ2) is 8.44. The van der Waals surface area contributed by atoms with Crippen molar-refractivity contribution in [3.63, 3.8) is 0 Å². The van der Waals surface area contributed by atoms with E-state index in [1.165, 1.54) is 5.56 Å². The SMILES string of the molecule is C=CCOc1ccc(C2Cc3ccccc3-c3nnc(SCC)nc3O2)cc1. The van der Waals surface area contributed by atoms with E-state index in [9.17, 15) is 0 Å². The number of fused-ring (bicyclic) bond motifs is 3. The van der Waals surface area contributed by atoms with E-state index < -0.39 is 0 Å². The number of ether oxygens (including phenoxy) is 2. The fourth-order valence-corrected chi connectivity index (χ4v) is 3.67. The first-order chi connectivity index (χ1) is 13.8. The lowest BCUT2D eigenvalue weighted by Gasteiger charge is -2.17. The molecule has 0 N–H and O–H groups in total. The van der Waals surface area contributed by atoms with Crippen molar-refractivity contribution in [2.45, 2.75) is 24.6 Å². The molecule has 3 aromatic rings. The first kappa shape index (κ1) is 18.5.